The van der Waals surface area contributed by atoms with E-state index in [1.54, 1.807) is 0 Å². The van der Waals surface area contributed by atoms with E-state index in [9.17, 15) is 0 Å². The van der Waals surface area contributed by atoms with Crippen molar-refractivity contribution < 1.29 is 0 Å². The molecule has 0 bridgehead atoms. The Hall–Kier alpha value is -1.12. The van der Waals surface area contributed by atoms with Crippen molar-refractivity contribution in [2.45, 2.75) is 32.2 Å². The molecular formula is C15H19NS. The highest BCUT2D eigenvalue weighted by Gasteiger charge is 2.18. The second-order valence-electron chi connectivity index (χ2n) is 5.34. The molecule has 0 saturated carbocycles. The Kier molecular flexibility index (Phi) is 3.36. The van der Waals surface area contributed by atoms with Crippen LogP contribution >= 0.6 is 11.3 Å². The first-order chi connectivity index (χ1) is 7.98. The van der Waals surface area contributed by atoms with Crippen molar-refractivity contribution in [3.63, 3.8) is 0 Å². The molecule has 2 heteroatoms. The van der Waals surface area contributed by atoms with E-state index in [-0.39, 0.29) is 11.5 Å². The molecule has 2 N–H and O–H groups in total. The van der Waals surface area contributed by atoms with Crippen LogP contribution in [0.3, 0.4) is 0 Å². The summed E-state index contributed by atoms with van der Waals surface area (Å²) in [5.74, 6) is 0. The summed E-state index contributed by atoms with van der Waals surface area (Å²) in [5.41, 5.74) is 7.67. The Labute approximate surface area is 107 Å². The maximum atomic E-state index is 6.28. The molecule has 0 aliphatic carbocycles. The van der Waals surface area contributed by atoms with Crippen LogP contribution in [0.4, 0.5) is 0 Å². The standard InChI is InChI=1S/C15H19NS/c1-15(2,3)13-10-9-12(17-13)14(16)11-7-5-4-6-8-11/h4-10,14H,16H2,1-3H3. The first-order valence-corrected chi connectivity index (χ1v) is 6.71. The molecule has 0 spiro atoms. The van der Waals surface area contributed by atoms with Crippen molar-refractivity contribution in [1.29, 1.82) is 0 Å². The molecule has 2 aromatic rings. The van der Waals surface area contributed by atoms with Gasteiger partial charge in [-0.1, -0.05) is 51.1 Å². The molecule has 1 unspecified atom stereocenters. The molecule has 17 heavy (non-hydrogen) atoms. The molecule has 1 aromatic carbocycles. The Morgan fingerprint density at radius 1 is 1.00 bits per heavy atom. The molecule has 0 radical (unpaired) electrons. The molecule has 1 heterocycles. The van der Waals surface area contributed by atoms with Gasteiger partial charge in [-0.25, -0.2) is 0 Å². The minimum atomic E-state index is -0.00250. The SMILES string of the molecule is CC(C)(C)c1ccc(C(N)c2ccccc2)s1. The van der Waals surface area contributed by atoms with Crippen LogP contribution in [0.5, 0.6) is 0 Å². The fourth-order valence-electron chi connectivity index (χ4n) is 1.75. The zero-order chi connectivity index (χ0) is 12.5. The normalized spacial score (nSPS) is 13.6. The van der Waals surface area contributed by atoms with Gasteiger partial charge >= 0.3 is 0 Å². The number of rotatable bonds is 2. The summed E-state index contributed by atoms with van der Waals surface area (Å²) in [6.07, 6.45) is 0. The predicted octanol–water partition coefficient (Wildman–Crippen LogP) is 4.09. The largest absolute Gasteiger partial charge is 0.320 e. The van der Waals surface area contributed by atoms with E-state index in [0.29, 0.717) is 0 Å². The fourth-order valence-corrected chi connectivity index (χ4v) is 2.84. The monoisotopic (exact) mass is 245 g/mol. The summed E-state index contributed by atoms with van der Waals surface area (Å²) in [6, 6.07) is 14.6. The van der Waals surface area contributed by atoms with E-state index in [1.165, 1.54) is 15.3 Å². The quantitative estimate of drug-likeness (QED) is 0.847. The zero-order valence-corrected chi connectivity index (χ0v) is 11.4. The highest BCUT2D eigenvalue weighted by molar-refractivity contribution is 7.12. The second kappa shape index (κ2) is 4.63. The Balaban J connectivity index is 2.27. The van der Waals surface area contributed by atoms with E-state index in [1.807, 2.05) is 29.5 Å². The maximum Gasteiger partial charge on any atom is 0.0646 e. The first kappa shape index (κ1) is 12.3. The molecule has 1 atom stereocenters. The van der Waals surface area contributed by atoms with Crippen LogP contribution in [0.25, 0.3) is 0 Å². The molecule has 90 valence electrons. The van der Waals surface area contributed by atoms with Gasteiger partial charge in [0.2, 0.25) is 0 Å². The lowest BCUT2D eigenvalue weighted by molar-refractivity contribution is 0.604. The number of hydrogen-bond acceptors (Lipinski definition) is 2. The van der Waals surface area contributed by atoms with Crippen LogP contribution in [-0.4, -0.2) is 0 Å². The Morgan fingerprint density at radius 3 is 2.18 bits per heavy atom. The third-order valence-electron chi connectivity index (χ3n) is 2.83. The number of nitrogens with two attached hydrogens (primary N) is 1. The van der Waals surface area contributed by atoms with Gasteiger partial charge in [-0.15, -0.1) is 11.3 Å². The zero-order valence-electron chi connectivity index (χ0n) is 10.6. The van der Waals surface area contributed by atoms with Crippen LogP contribution in [0, 0.1) is 0 Å². The van der Waals surface area contributed by atoms with Gasteiger partial charge in [0.25, 0.3) is 0 Å². The van der Waals surface area contributed by atoms with E-state index >= 15 is 0 Å². The van der Waals surface area contributed by atoms with Gasteiger partial charge in [-0.3, -0.25) is 0 Å². The first-order valence-electron chi connectivity index (χ1n) is 5.89. The number of benzene rings is 1. The van der Waals surface area contributed by atoms with Crippen LogP contribution in [0.15, 0.2) is 42.5 Å². The van der Waals surface area contributed by atoms with Crippen molar-refractivity contribution in [3.8, 4) is 0 Å². The topological polar surface area (TPSA) is 26.0 Å². The second-order valence-corrected chi connectivity index (χ2v) is 6.46. The summed E-state index contributed by atoms with van der Waals surface area (Å²) < 4.78 is 0. The Morgan fingerprint density at radius 2 is 1.65 bits per heavy atom. The number of thiophene rings is 1. The van der Waals surface area contributed by atoms with E-state index in [0.717, 1.165) is 0 Å². The summed E-state index contributed by atoms with van der Waals surface area (Å²) in [7, 11) is 0. The molecule has 1 nitrogen and oxygen atoms in total. The number of hydrogen-bond donors (Lipinski definition) is 1. The van der Waals surface area contributed by atoms with Crippen LogP contribution in [-0.2, 0) is 5.41 Å². The van der Waals surface area contributed by atoms with E-state index in [2.05, 4.69) is 45.0 Å². The fraction of sp³-hybridized carbons (Fsp3) is 0.333. The smallest absolute Gasteiger partial charge is 0.0646 e. The lowest BCUT2D eigenvalue weighted by atomic mass is 9.95. The van der Waals surface area contributed by atoms with Gasteiger partial charge in [0.05, 0.1) is 6.04 Å². The van der Waals surface area contributed by atoms with Crippen LogP contribution in [0.1, 0.15) is 42.1 Å². The summed E-state index contributed by atoms with van der Waals surface area (Å²) >= 11 is 1.82. The molecule has 0 aliphatic heterocycles. The molecule has 0 saturated heterocycles. The summed E-state index contributed by atoms with van der Waals surface area (Å²) in [6.45, 7) is 6.70. The minimum absolute atomic E-state index is 0.00250. The predicted molar refractivity (Wildman–Crippen MR) is 75.5 cm³/mol. The van der Waals surface area contributed by atoms with Crippen molar-refractivity contribution in [3.05, 3.63) is 57.8 Å². The van der Waals surface area contributed by atoms with Crippen LogP contribution in [0.2, 0.25) is 0 Å². The van der Waals surface area contributed by atoms with Crippen molar-refractivity contribution >= 4 is 11.3 Å². The van der Waals surface area contributed by atoms with Gasteiger partial charge in [-0.2, -0.15) is 0 Å². The van der Waals surface area contributed by atoms with Gasteiger partial charge in [0, 0.05) is 9.75 Å². The molecular weight excluding hydrogens is 226 g/mol. The minimum Gasteiger partial charge on any atom is -0.320 e. The third kappa shape index (κ3) is 2.76. The molecule has 0 aliphatic rings. The van der Waals surface area contributed by atoms with Crippen molar-refractivity contribution in [2.24, 2.45) is 5.73 Å². The van der Waals surface area contributed by atoms with Crippen molar-refractivity contribution in [2.75, 3.05) is 0 Å². The van der Waals surface area contributed by atoms with Gasteiger partial charge in [0.1, 0.15) is 0 Å². The molecule has 2 rings (SSSR count). The maximum absolute atomic E-state index is 6.28. The molecule has 1 aromatic heterocycles. The summed E-state index contributed by atoms with van der Waals surface area (Å²) in [4.78, 5) is 2.63. The molecule has 0 amide bonds. The average molecular weight is 245 g/mol. The highest BCUT2D eigenvalue weighted by atomic mass is 32.1. The van der Waals surface area contributed by atoms with E-state index in [4.69, 9.17) is 5.73 Å². The average Bonchev–Trinajstić information content (AvgIpc) is 2.78. The summed E-state index contributed by atoms with van der Waals surface area (Å²) in [5, 5.41) is 0. The Bertz CT molecular complexity index is 479. The van der Waals surface area contributed by atoms with Gasteiger partial charge < -0.3 is 5.73 Å². The molecule has 0 fully saturated rings. The van der Waals surface area contributed by atoms with Crippen LogP contribution < -0.4 is 5.73 Å². The lowest BCUT2D eigenvalue weighted by Crippen LogP contribution is -2.10. The highest BCUT2D eigenvalue weighted by Crippen LogP contribution is 2.33. The van der Waals surface area contributed by atoms with Crippen molar-refractivity contribution in [1.82, 2.24) is 0 Å². The van der Waals surface area contributed by atoms with E-state index < -0.39 is 0 Å². The van der Waals surface area contributed by atoms with Gasteiger partial charge in [-0.05, 0) is 23.1 Å². The third-order valence-corrected chi connectivity index (χ3v) is 4.43. The lowest BCUT2D eigenvalue weighted by Gasteiger charge is -2.16. The van der Waals surface area contributed by atoms with Gasteiger partial charge in [0.15, 0.2) is 0 Å².